The molecule has 1 aliphatic heterocycles. The molecule has 4 unspecified atom stereocenters. The number of nitrogens with two attached hydrogens (primary N) is 1. The Balaban J connectivity index is 1.70. The van der Waals surface area contributed by atoms with Crippen molar-refractivity contribution in [1.82, 2.24) is 19.5 Å². The number of hydrazone groups is 1. The van der Waals surface area contributed by atoms with Gasteiger partial charge < -0.3 is 40.0 Å². The number of ether oxygens (including phenoxy) is 4. The lowest BCUT2D eigenvalue weighted by molar-refractivity contribution is -0.0501. The molecule has 0 saturated carbocycles. The summed E-state index contributed by atoms with van der Waals surface area (Å²) in [6.45, 7) is -0.486. The van der Waals surface area contributed by atoms with Gasteiger partial charge in [0.1, 0.15) is 24.6 Å². The third-order valence-electron chi connectivity index (χ3n) is 5.34. The molecule has 3 aromatic rings. The van der Waals surface area contributed by atoms with E-state index < -0.39 is 31.1 Å². The van der Waals surface area contributed by atoms with Gasteiger partial charge in [-0.1, -0.05) is 0 Å². The van der Waals surface area contributed by atoms with Crippen LogP contribution in [-0.4, -0.2) is 87.3 Å². The zero-order chi connectivity index (χ0) is 24.4. The van der Waals surface area contributed by atoms with Gasteiger partial charge >= 0.3 is 0 Å². The Hall–Kier alpha value is -3.72. The molecule has 1 saturated heterocycles. The number of nitrogens with one attached hydrogen (secondary N) is 1. The Kier molecular flexibility index (Phi) is 6.65. The minimum Gasteiger partial charge on any atom is -0.493 e. The highest BCUT2D eigenvalue weighted by atomic mass is 16.6. The summed E-state index contributed by atoms with van der Waals surface area (Å²) in [4.78, 5) is 12.5. The van der Waals surface area contributed by atoms with Crippen LogP contribution in [0.25, 0.3) is 11.2 Å². The van der Waals surface area contributed by atoms with Gasteiger partial charge in [0.05, 0.1) is 34.2 Å². The summed E-state index contributed by atoms with van der Waals surface area (Å²) < 4.78 is 23.1. The molecule has 14 nitrogen and oxygen atoms in total. The van der Waals surface area contributed by atoms with Crippen LogP contribution >= 0.6 is 0 Å². The Labute approximate surface area is 193 Å². The average molecular weight is 475 g/mol. The number of aliphatic hydroxyl groups excluding tert-OH is 3. The normalized spacial score (nSPS) is 22.4. The highest BCUT2D eigenvalue weighted by Crippen LogP contribution is 2.38. The fourth-order valence-corrected chi connectivity index (χ4v) is 3.68. The lowest BCUT2D eigenvalue weighted by Crippen LogP contribution is -2.33. The number of benzene rings is 1. The number of anilines is 2. The van der Waals surface area contributed by atoms with Crippen LogP contribution in [0.2, 0.25) is 0 Å². The maximum atomic E-state index is 10.5. The largest absolute Gasteiger partial charge is 0.493 e. The fourth-order valence-electron chi connectivity index (χ4n) is 3.68. The van der Waals surface area contributed by atoms with E-state index in [1.54, 1.807) is 12.1 Å². The molecular formula is C20H25N7O7. The van der Waals surface area contributed by atoms with Crippen molar-refractivity contribution in [3.8, 4) is 17.2 Å². The molecule has 34 heavy (non-hydrogen) atoms. The molecule has 4 atom stereocenters. The van der Waals surface area contributed by atoms with Gasteiger partial charge in [0, 0.05) is 5.56 Å². The van der Waals surface area contributed by atoms with Gasteiger partial charge in [-0.15, -0.1) is 0 Å². The Morgan fingerprint density at radius 1 is 1.15 bits per heavy atom. The second-order valence-corrected chi connectivity index (χ2v) is 7.29. The van der Waals surface area contributed by atoms with E-state index in [0.717, 1.165) is 0 Å². The second-order valence-electron chi connectivity index (χ2n) is 7.29. The molecule has 0 radical (unpaired) electrons. The minimum absolute atomic E-state index is 0.104. The molecule has 0 amide bonds. The SMILES string of the molecule is COc1cc(/C=N/Nc2nc3c(N)ncnc3n2C2OC(CO)C(O)C2O)cc(OC)c1OC. The zero-order valence-electron chi connectivity index (χ0n) is 18.6. The van der Waals surface area contributed by atoms with Gasteiger partial charge in [0.15, 0.2) is 34.7 Å². The fraction of sp³-hybridized carbons (Fsp3) is 0.400. The van der Waals surface area contributed by atoms with Crippen LogP contribution in [0.15, 0.2) is 23.6 Å². The van der Waals surface area contributed by atoms with Gasteiger partial charge in [0.2, 0.25) is 11.7 Å². The summed E-state index contributed by atoms with van der Waals surface area (Å²) in [6, 6.07) is 3.40. The summed E-state index contributed by atoms with van der Waals surface area (Å²) >= 11 is 0. The summed E-state index contributed by atoms with van der Waals surface area (Å²) in [5.41, 5.74) is 9.82. The van der Waals surface area contributed by atoms with E-state index in [1.807, 2.05) is 0 Å². The number of rotatable bonds is 8. The van der Waals surface area contributed by atoms with Crippen molar-refractivity contribution in [3.63, 3.8) is 0 Å². The van der Waals surface area contributed by atoms with Crippen molar-refractivity contribution in [2.75, 3.05) is 39.1 Å². The second kappa shape index (κ2) is 9.64. The first-order valence-electron chi connectivity index (χ1n) is 10.1. The summed E-state index contributed by atoms with van der Waals surface area (Å²) in [5, 5.41) is 34.4. The molecule has 1 aromatic carbocycles. The number of hydrogen-bond acceptors (Lipinski definition) is 13. The van der Waals surface area contributed by atoms with Crippen LogP contribution < -0.4 is 25.4 Å². The third kappa shape index (κ3) is 4.03. The number of hydrogen-bond donors (Lipinski definition) is 5. The van der Waals surface area contributed by atoms with Crippen molar-refractivity contribution in [3.05, 3.63) is 24.0 Å². The van der Waals surface area contributed by atoms with Crippen LogP contribution in [-0.2, 0) is 4.74 Å². The number of aromatic nitrogens is 4. The molecule has 0 spiro atoms. The molecule has 4 rings (SSSR count). The van der Waals surface area contributed by atoms with Crippen LogP contribution in [0, 0.1) is 0 Å². The van der Waals surface area contributed by atoms with Crippen LogP contribution in [0.1, 0.15) is 11.8 Å². The van der Waals surface area contributed by atoms with Gasteiger partial charge in [-0.2, -0.15) is 5.10 Å². The van der Waals surface area contributed by atoms with Gasteiger partial charge in [-0.05, 0) is 12.1 Å². The standard InChI is InChI=1S/C20H25N7O7/c1-31-10-4-9(5-11(32-2)16(10)33-3)6-24-26-20-25-13-17(21)22-8-23-18(13)27(20)19-15(30)14(29)12(7-28)34-19/h4-6,8,12,14-15,19,28-30H,7H2,1-3H3,(H,25,26)(H2,21,22,23)/b24-6+. The average Bonchev–Trinajstić information content (AvgIpc) is 3.35. The highest BCUT2D eigenvalue weighted by molar-refractivity contribution is 5.85. The number of aliphatic hydroxyl groups is 3. The molecule has 14 heteroatoms. The predicted molar refractivity (Wildman–Crippen MR) is 120 cm³/mol. The first-order chi connectivity index (χ1) is 16.4. The topological polar surface area (TPSA) is 192 Å². The summed E-state index contributed by atoms with van der Waals surface area (Å²) in [7, 11) is 4.52. The zero-order valence-corrected chi connectivity index (χ0v) is 18.6. The molecule has 6 N–H and O–H groups in total. The lowest BCUT2D eigenvalue weighted by atomic mass is 10.1. The smallest absolute Gasteiger partial charge is 0.228 e. The van der Waals surface area contributed by atoms with Crippen molar-refractivity contribution in [2.45, 2.75) is 24.5 Å². The van der Waals surface area contributed by atoms with E-state index in [1.165, 1.54) is 38.4 Å². The van der Waals surface area contributed by atoms with Crippen molar-refractivity contribution < 1.29 is 34.3 Å². The van der Waals surface area contributed by atoms with Gasteiger partial charge in [-0.3, -0.25) is 4.57 Å². The maximum absolute atomic E-state index is 10.5. The number of fused-ring (bicyclic) bond motifs is 1. The van der Waals surface area contributed by atoms with Crippen molar-refractivity contribution >= 4 is 29.1 Å². The molecule has 1 aliphatic rings. The predicted octanol–water partition coefficient (Wildman–Crippen LogP) is -0.508. The minimum atomic E-state index is -1.37. The Morgan fingerprint density at radius 2 is 1.85 bits per heavy atom. The highest BCUT2D eigenvalue weighted by Gasteiger charge is 2.45. The summed E-state index contributed by atoms with van der Waals surface area (Å²) in [5.74, 6) is 1.55. The molecule has 0 bridgehead atoms. The van der Waals surface area contributed by atoms with E-state index in [4.69, 9.17) is 24.7 Å². The first-order valence-corrected chi connectivity index (χ1v) is 10.1. The van der Waals surface area contributed by atoms with E-state index >= 15 is 0 Å². The maximum Gasteiger partial charge on any atom is 0.228 e. The number of methoxy groups -OCH3 is 3. The molecule has 2 aromatic heterocycles. The van der Waals surface area contributed by atoms with E-state index in [-0.39, 0.29) is 22.9 Å². The van der Waals surface area contributed by atoms with E-state index in [2.05, 4.69) is 25.5 Å². The van der Waals surface area contributed by atoms with Crippen LogP contribution in [0.5, 0.6) is 17.2 Å². The van der Waals surface area contributed by atoms with Gasteiger partial charge in [0.25, 0.3) is 0 Å². The number of nitrogens with zero attached hydrogens (tertiary/aromatic N) is 5. The van der Waals surface area contributed by atoms with E-state index in [9.17, 15) is 15.3 Å². The summed E-state index contributed by atoms with van der Waals surface area (Å²) in [6.07, 6.45) is -2.08. The van der Waals surface area contributed by atoms with E-state index in [0.29, 0.717) is 22.8 Å². The molecule has 0 aliphatic carbocycles. The third-order valence-corrected chi connectivity index (χ3v) is 5.34. The lowest BCUT2D eigenvalue weighted by Gasteiger charge is -2.18. The van der Waals surface area contributed by atoms with Crippen LogP contribution in [0.4, 0.5) is 11.8 Å². The van der Waals surface area contributed by atoms with Crippen LogP contribution in [0.3, 0.4) is 0 Å². The molecule has 1 fully saturated rings. The molecule has 182 valence electrons. The van der Waals surface area contributed by atoms with Crippen molar-refractivity contribution in [1.29, 1.82) is 0 Å². The van der Waals surface area contributed by atoms with Crippen molar-refractivity contribution in [2.24, 2.45) is 5.10 Å². The first kappa shape index (κ1) is 23.4. The monoisotopic (exact) mass is 475 g/mol. The number of nitrogen functional groups attached to an aromatic ring is 1. The molecular weight excluding hydrogens is 450 g/mol. The number of imidazole rings is 1. The Bertz CT molecular complexity index is 1180. The molecule has 3 heterocycles. The quantitative estimate of drug-likeness (QED) is 0.207. The Morgan fingerprint density at radius 3 is 2.44 bits per heavy atom. The van der Waals surface area contributed by atoms with Gasteiger partial charge in [-0.25, -0.2) is 20.4 Å².